The van der Waals surface area contributed by atoms with Gasteiger partial charge in [0.1, 0.15) is 0 Å². The Morgan fingerprint density at radius 2 is 1.64 bits per heavy atom. The molecule has 1 saturated carbocycles. The average Bonchev–Trinajstić information content (AvgIpc) is 2.33. The highest BCUT2D eigenvalue weighted by Crippen LogP contribution is 2.50. The highest BCUT2D eigenvalue weighted by molar-refractivity contribution is 5.20. The standard InChI is InChI=1S/C11H16/c1-3-9-10-6-4-5-7-11(9)8(10)2/h4-11H,3H2,1-2H3. The molecule has 3 aliphatic carbocycles. The Hall–Kier alpha value is -0.520. The molecular formula is C11H16. The highest BCUT2D eigenvalue weighted by Gasteiger charge is 2.43. The summed E-state index contributed by atoms with van der Waals surface area (Å²) in [6, 6.07) is 0. The minimum Gasteiger partial charge on any atom is -0.0808 e. The molecule has 0 aromatic carbocycles. The lowest BCUT2D eigenvalue weighted by Crippen LogP contribution is -2.42. The number of rotatable bonds is 1. The first-order chi connectivity index (χ1) is 5.34. The van der Waals surface area contributed by atoms with Crippen LogP contribution in [0.15, 0.2) is 24.3 Å². The summed E-state index contributed by atoms with van der Waals surface area (Å²) in [5.74, 6) is 3.59. The SMILES string of the molecule is CCC1C2C=CC=CC1C2C. The van der Waals surface area contributed by atoms with Gasteiger partial charge in [-0.2, -0.15) is 0 Å². The molecule has 0 N–H and O–H groups in total. The minimum atomic E-state index is 0.875. The lowest BCUT2D eigenvalue weighted by molar-refractivity contribution is 0.0581. The second kappa shape index (κ2) is 2.51. The predicted octanol–water partition coefficient (Wildman–Crippen LogP) is 3.02. The van der Waals surface area contributed by atoms with E-state index in [1.54, 1.807) is 0 Å². The van der Waals surface area contributed by atoms with E-state index in [0.717, 1.165) is 23.7 Å². The molecule has 3 aliphatic rings. The lowest BCUT2D eigenvalue weighted by Gasteiger charge is -2.47. The van der Waals surface area contributed by atoms with E-state index in [-0.39, 0.29) is 0 Å². The summed E-state index contributed by atoms with van der Waals surface area (Å²) in [6.07, 6.45) is 10.6. The summed E-state index contributed by atoms with van der Waals surface area (Å²) in [6.45, 7) is 4.69. The zero-order chi connectivity index (χ0) is 7.84. The number of hydrogen-bond donors (Lipinski definition) is 0. The van der Waals surface area contributed by atoms with Crippen LogP contribution in [0.5, 0.6) is 0 Å². The van der Waals surface area contributed by atoms with Gasteiger partial charge in [-0.15, -0.1) is 0 Å². The van der Waals surface area contributed by atoms with Gasteiger partial charge in [0.15, 0.2) is 0 Å². The summed E-state index contributed by atoms with van der Waals surface area (Å²) in [4.78, 5) is 0. The molecule has 0 nitrogen and oxygen atoms in total. The van der Waals surface area contributed by atoms with E-state index in [1.165, 1.54) is 6.42 Å². The van der Waals surface area contributed by atoms with Crippen molar-refractivity contribution < 1.29 is 0 Å². The van der Waals surface area contributed by atoms with Crippen LogP contribution in [0.3, 0.4) is 0 Å². The largest absolute Gasteiger partial charge is 0.0808 e. The van der Waals surface area contributed by atoms with E-state index in [1.807, 2.05) is 0 Å². The van der Waals surface area contributed by atoms with E-state index >= 15 is 0 Å². The molecule has 2 bridgehead atoms. The molecule has 2 unspecified atom stereocenters. The van der Waals surface area contributed by atoms with Crippen LogP contribution >= 0.6 is 0 Å². The second-order valence-corrected chi connectivity index (χ2v) is 3.86. The highest BCUT2D eigenvalue weighted by atomic mass is 14.5. The zero-order valence-electron chi connectivity index (χ0n) is 7.33. The maximum Gasteiger partial charge on any atom is -0.0165 e. The third kappa shape index (κ3) is 0.885. The van der Waals surface area contributed by atoms with Crippen molar-refractivity contribution in [2.24, 2.45) is 23.7 Å². The molecule has 0 aromatic heterocycles. The second-order valence-electron chi connectivity index (χ2n) is 3.86. The average molecular weight is 148 g/mol. The van der Waals surface area contributed by atoms with E-state index in [2.05, 4.69) is 38.2 Å². The van der Waals surface area contributed by atoms with Crippen molar-refractivity contribution in [3.8, 4) is 0 Å². The number of fused-ring (bicyclic) bond motifs is 1. The van der Waals surface area contributed by atoms with Gasteiger partial charge in [0.25, 0.3) is 0 Å². The minimum absolute atomic E-state index is 0.875. The first kappa shape index (κ1) is 7.15. The zero-order valence-corrected chi connectivity index (χ0v) is 7.33. The third-order valence-electron chi connectivity index (χ3n) is 3.45. The van der Waals surface area contributed by atoms with Crippen molar-refractivity contribution in [1.82, 2.24) is 0 Å². The van der Waals surface area contributed by atoms with E-state index in [4.69, 9.17) is 0 Å². The van der Waals surface area contributed by atoms with Crippen molar-refractivity contribution in [3.63, 3.8) is 0 Å². The fraction of sp³-hybridized carbons (Fsp3) is 0.636. The molecule has 0 spiro atoms. The van der Waals surface area contributed by atoms with Crippen molar-refractivity contribution in [2.75, 3.05) is 0 Å². The molecule has 60 valence electrons. The molecule has 3 rings (SSSR count). The lowest BCUT2D eigenvalue weighted by atomic mass is 9.57. The summed E-state index contributed by atoms with van der Waals surface area (Å²) >= 11 is 0. The third-order valence-corrected chi connectivity index (χ3v) is 3.45. The Labute approximate surface area is 69.0 Å². The van der Waals surface area contributed by atoms with Crippen LogP contribution in [0.25, 0.3) is 0 Å². The predicted molar refractivity (Wildman–Crippen MR) is 48.2 cm³/mol. The topological polar surface area (TPSA) is 0 Å². The van der Waals surface area contributed by atoms with Gasteiger partial charge in [-0.05, 0) is 23.7 Å². The Bertz CT molecular complexity index is 180. The van der Waals surface area contributed by atoms with Crippen LogP contribution in [0.4, 0.5) is 0 Å². The van der Waals surface area contributed by atoms with Crippen LogP contribution in [-0.2, 0) is 0 Å². The Morgan fingerprint density at radius 3 is 2.09 bits per heavy atom. The van der Waals surface area contributed by atoms with Crippen molar-refractivity contribution >= 4 is 0 Å². The summed E-state index contributed by atoms with van der Waals surface area (Å²) in [5, 5.41) is 0. The molecule has 0 amide bonds. The maximum atomic E-state index is 2.39. The van der Waals surface area contributed by atoms with Gasteiger partial charge in [0.05, 0.1) is 0 Å². The van der Waals surface area contributed by atoms with Crippen molar-refractivity contribution in [1.29, 1.82) is 0 Å². The molecule has 0 aliphatic heterocycles. The van der Waals surface area contributed by atoms with E-state index in [0.29, 0.717) is 0 Å². The quantitative estimate of drug-likeness (QED) is 0.536. The summed E-state index contributed by atoms with van der Waals surface area (Å²) in [5.41, 5.74) is 0. The summed E-state index contributed by atoms with van der Waals surface area (Å²) in [7, 11) is 0. The first-order valence-corrected chi connectivity index (χ1v) is 4.69. The van der Waals surface area contributed by atoms with Crippen LogP contribution in [0.1, 0.15) is 20.3 Å². The summed E-state index contributed by atoms with van der Waals surface area (Å²) < 4.78 is 0. The molecule has 0 heterocycles. The Morgan fingerprint density at radius 1 is 1.09 bits per heavy atom. The van der Waals surface area contributed by atoms with Crippen LogP contribution in [0.2, 0.25) is 0 Å². The molecule has 0 radical (unpaired) electrons. The Balaban J connectivity index is 2.21. The fourth-order valence-electron chi connectivity index (χ4n) is 2.71. The molecule has 1 fully saturated rings. The molecule has 2 atom stereocenters. The van der Waals surface area contributed by atoms with Gasteiger partial charge in [0.2, 0.25) is 0 Å². The van der Waals surface area contributed by atoms with Crippen LogP contribution in [-0.4, -0.2) is 0 Å². The normalized spacial score (nSPS) is 46.7. The molecule has 0 saturated heterocycles. The smallest absolute Gasteiger partial charge is 0.0165 e. The van der Waals surface area contributed by atoms with E-state index < -0.39 is 0 Å². The molecule has 11 heavy (non-hydrogen) atoms. The number of hydrogen-bond acceptors (Lipinski definition) is 0. The first-order valence-electron chi connectivity index (χ1n) is 4.69. The molecule has 0 heteroatoms. The fourth-order valence-corrected chi connectivity index (χ4v) is 2.71. The van der Waals surface area contributed by atoms with E-state index in [9.17, 15) is 0 Å². The molecule has 0 aromatic rings. The van der Waals surface area contributed by atoms with Gasteiger partial charge in [0, 0.05) is 0 Å². The van der Waals surface area contributed by atoms with Gasteiger partial charge in [-0.3, -0.25) is 0 Å². The molecular weight excluding hydrogens is 132 g/mol. The monoisotopic (exact) mass is 148 g/mol. The van der Waals surface area contributed by atoms with Crippen LogP contribution < -0.4 is 0 Å². The van der Waals surface area contributed by atoms with Gasteiger partial charge in [-0.1, -0.05) is 44.6 Å². The number of allylic oxidation sites excluding steroid dienone is 4. The van der Waals surface area contributed by atoms with Crippen molar-refractivity contribution in [3.05, 3.63) is 24.3 Å². The van der Waals surface area contributed by atoms with Gasteiger partial charge >= 0.3 is 0 Å². The van der Waals surface area contributed by atoms with Gasteiger partial charge in [-0.25, -0.2) is 0 Å². The van der Waals surface area contributed by atoms with Gasteiger partial charge < -0.3 is 0 Å². The Kier molecular flexibility index (Phi) is 1.63. The van der Waals surface area contributed by atoms with Crippen LogP contribution in [0, 0.1) is 23.7 Å². The van der Waals surface area contributed by atoms with Crippen molar-refractivity contribution in [2.45, 2.75) is 20.3 Å². The maximum absolute atomic E-state index is 2.39.